The van der Waals surface area contributed by atoms with Gasteiger partial charge in [0.25, 0.3) is 5.91 Å². The van der Waals surface area contributed by atoms with Crippen LogP contribution in [0.25, 0.3) is 0 Å². The van der Waals surface area contributed by atoms with Gasteiger partial charge in [0.1, 0.15) is 5.75 Å². The van der Waals surface area contributed by atoms with Crippen molar-refractivity contribution in [3.63, 3.8) is 0 Å². The number of ether oxygens (including phenoxy) is 1. The predicted molar refractivity (Wildman–Crippen MR) is 115 cm³/mol. The smallest absolute Gasteiger partial charge is 0.258 e. The maximum Gasteiger partial charge on any atom is 0.258 e. The summed E-state index contributed by atoms with van der Waals surface area (Å²) in [6.45, 7) is 8.45. The highest BCUT2D eigenvalue weighted by atomic mass is 16.5. The van der Waals surface area contributed by atoms with Gasteiger partial charge in [-0.1, -0.05) is 18.2 Å². The molecule has 1 saturated carbocycles. The van der Waals surface area contributed by atoms with E-state index in [0.717, 1.165) is 57.7 Å². The number of guanidine groups is 1. The molecule has 1 aromatic rings. The van der Waals surface area contributed by atoms with Crippen LogP contribution < -0.4 is 15.4 Å². The van der Waals surface area contributed by atoms with Crippen LogP contribution in [0.2, 0.25) is 0 Å². The lowest BCUT2D eigenvalue weighted by Crippen LogP contribution is -2.39. The summed E-state index contributed by atoms with van der Waals surface area (Å²) in [5, 5.41) is 6.26. The molecule has 1 amide bonds. The summed E-state index contributed by atoms with van der Waals surface area (Å²) in [7, 11) is 2.07. The van der Waals surface area contributed by atoms with Gasteiger partial charge in [0, 0.05) is 32.7 Å². The number of hydrogen-bond donors (Lipinski definition) is 2. The number of carbonyl (C=O) groups excluding carboxylic acids is 1. The second kappa shape index (κ2) is 12.1. The molecule has 0 bridgehead atoms. The van der Waals surface area contributed by atoms with Crippen LogP contribution in [0.1, 0.15) is 38.2 Å². The zero-order valence-electron chi connectivity index (χ0n) is 17.2. The van der Waals surface area contributed by atoms with Gasteiger partial charge < -0.3 is 20.3 Å². The SMILES string of the molecule is C=CCCCN(C)C(=NCCc1ccc(OCC(=O)NC2CC2)cc1)NCC. The number of nitrogens with one attached hydrogen (secondary N) is 2. The normalized spacial score (nSPS) is 13.7. The van der Waals surface area contributed by atoms with Gasteiger partial charge in [0.15, 0.2) is 12.6 Å². The molecular formula is C22H34N4O2. The second-order valence-corrected chi connectivity index (χ2v) is 7.11. The van der Waals surface area contributed by atoms with Crippen LogP contribution >= 0.6 is 0 Å². The molecule has 2 rings (SSSR count). The number of hydrogen-bond acceptors (Lipinski definition) is 3. The monoisotopic (exact) mass is 386 g/mol. The van der Waals surface area contributed by atoms with Crippen molar-refractivity contribution in [1.29, 1.82) is 0 Å². The minimum atomic E-state index is -0.0472. The van der Waals surface area contributed by atoms with Gasteiger partial charge in [0.05, 0.1) is 0 Å². The van der Waals surface area contributed by atoms with Crippen LogP contribution in [0.4, 0.5) is 0 Å². The molecule has 6 heteroatoms. The Labute approximate surface area is 169 Å². The molecule has 28 heavy (non-hydrogen) atoms. The summed E-state index contributed by atoms with van der Waals surface area (Å²) < 4.78 is 5.54. The Morgan fingerprint density at radius 3 is 2.75 bits per heavy atom. The van der Waals surface area contributed by atoms with Crippen molar-refractivity contribution in [3.05, 3.63) is 42.5 Å². The van der Waals surface area contributed by atoms with Crippen molar-refractivity contribution in [3.8, 4) is 5.75 Å². The third kappa shape index (κ3) is 8.46. The Kier molecular flexibility index (Phi) is 9.39. The van der Waals surface area contributed by atoms with E-state index < -0.39 is 0 Å². The number of rotatable bonds is 12. The van der Waals surface area contributed by atoms with Crippen molar-refractivity contribution in [1.82, 2.24) is 15.5 Å². The number of amides is 1. The third-order valence-electron chi connectivity index (χ3n) is 4.50. The molecule has 0 aliphatic heterocycles. The average molecular weight is 387 g/mol. The molecule has 0 saturated heterocycles. The molecule has 0 spiro atoms. The summed E-state index contributed by atoms with van der Waals surface area (Å²) in [5.41, 5.74) is 1.20. The lowest BCUT2D eigenvalue weighted by atomic mass is 10.1. The fourth-order valence-corrected chi connectivity index (χ4v) is 2.74. The molecule has 0 aromatic heterocycles. The van der Waals surface area contributed by atoms with E-state index >= 15 is 0 Å². The molecular weight excluding hydrogens is 352 g/mol. The summed E-state index contributed by atoms with van der Waals surface area (Å²) in [5.74, 6) is 1.61. The maximum atomic E-state index is 11.7. The molecule has 1 aromatic carbocycles. The summed E-state index contributed by atoms with van der Waals surface area (Å²) in [4.78, 5) is 18.6. The first-order valence-electron chi connectivity index (χ1n) is 10.2. The zero-order valence-corrected chi connectivity index (χ0v) is 17.2. The highest BCUT2D eigenvalue weighted by molar-refractivity contribution is 5.79. The van der Waals surface area contributed by atoms with Crippen LogP contribution in [-0.2, 0) is 11.2 Å². The van der Waals surface area contributed by atoms with Crippen molar-refractivity contribution in [2.24, 2.45) is 4.99 Å². The first-order chi connectivity index (χ1) is 13.6. The average Bonchev–Trinajstić information content (AvgIpc) is 3.50. The Hall–Kier alpha value is -2.50. The lowest BCUT2D eigenvalue weighted by Gasteiger charge is -2.21. The lowest BCUT2D eigenvalue weighted by molar-refractivity contribution is -0.123. The van der Waals surface area contributed by atoms with Crippen molar-refractivity contribution in [2.45, 2.75) is 45.1 Å². The van der Waals surface area contributed by atoms with E-state index in [4.69, 9.17) is 9.73 Å². The van der Waals surface area contributed by atoms with E-state index in [2.05, 4.69) is 36.1 Å². The topological polar surface area (TPSA) is 66.0 Å². The van der Waals surface area contributed by atoms with E-state index in [1.807, 2.05) is 30.3 Å². The molecule has 154 valence electrons. The Bertz CT molecular complexity index is 638. The minimum Gasteiger partial charge on any atom is -0.484 e. The Morgan fingerprint density at radius 2 is 2.11 bits per heavy atom. The number of allylic oxidation sites excluding steroid dienone is 1. The molecule has 1 aliphatic carbocycles. The molecule has 0 radical (unpaired) electrons. The van der Waals surface area contributed by atoms with E-state index in [1.165, 1.54) is 5.56 Å². The molecule has 2 N–H and O–H groups in total. The molecule has 1 fully saturated rings. The number of benzene rings is 1. The van der Waals surface area contributed by atoms with Crippen molar-refractivity contribution < 1.29 is 9.53 Å². The first kappa shape index (κ1) is 21.8. The van der Waals surface area contributed by atoms with Gasteiger partial charge in [-0.25, -0.2) is 0 Å². The van der Waals surface area contributed by atoms with Crippen LogP contribution in [-0.4, -0.2) is 56.1 Å². The third-order valence-corrected chi connectivity index (χ3v) is 4.50. The van der Waals surface area contributed by atoms with Crippen LogP contribution in [0.3, 0.4) is 0 Å². The quantitative estimate of drug-likeness (QED) is 0.251. The van der Waals surface area contributed by atoms with Gasteiger partial charge >= 0.3 is 0 Å². The summed E-state index contributed by atoms with van der Waals surface area (Å²) in [6.07, 6.45) is 7.07. The van der Waals surface area contributed by atoms with E-state index in [9.17, 15) is 4.79 Å². The molecule has 0 unspecified atom stereocenters. The standard InChI is InChI=1S/C22H34N4O2/c1-4-6-7-16-26(3)22(23-5-2)24-15-14-18-8-12-20(13-9-18)28-17-21(27)25-19-10-11-19/h4,8-9,12-13,19H,1,5-7,10-11,14-17H2,2-3H3,(H,23,24)(H,25,27). The summed E-state index contributed by atoms with van der Waals surface area (Å²) in [6, 6.07) is 8.26. The van der Waals surface area contributed by atoms with Crippen molar-refractivity contribution >= 4 is 11.9 Å². The first-order valence-corrected chi connectivity index (χ1v) is 10.2. The number of carbonyl (C=O) groups is 1. The molecule has 0 atom stereocenters. The van der Waals surface area contributed by atoms with Crippen LogP contribution in [0.15, 0.2) is 41.9 Å². The van der Waals surface area contributed by atoms with Gasteiger partial charge in [-0.05, 0) is 56.7 Å². The highest BCUT2D eigenvalue weighted by Crippen LogP contribution is 2.18. The maximum absolute atomic E-state index is 11.7. The van der Waals surface area contributed by atoms with Crippen LogP contribution in [0.5, 0.6) is 5.75 Å². The van der Waals surface area contributed by atoms with E-state index in [0.29, 0.717) is 11.8 Å². The van der Waals surface area contributed by atoms with Crippen molar-refractivity contribution in [2.75, 3.05) is 33.3 Å². The Morgan fingerprint density at radius 1 is 1.36 bits per heavy atom. The fraction of sp³-hybridized carbons (Fsp3) is 0.545. The predicted octanol–water partition coefficient (Wildman–Crippen LogP) is 2.75. The number of aliphatic imine (C=N–C) groups is 1. The van der Waals surface area contributed by atoms with Gasteiger partial charge in [-0.15, -0.1) is 6.58 Å². The molecule has 1 aliphatic rings. The number of unbranched alkanes of at least 4 members (excludes halogenated alkanes) is 1. The number of nitrogens with zero attached hydrogens (tertiary/aromatic N) is 2. The molecule has 0 heterocycles. The fourth-order valence-electron chi connectivity index (χ4n) is 2.74. The zero-order chi connectivity index (χ0) is 20.2. The van der Waals surface area contributed by atoms with E-state index in [1.54, 1.807) is 0 Å². The minimum absolute atomic E-state index is 0.0472. The Balaban J connectivity index is 1.75. The van der Waals surface area contributed by atoms with Gasteiger partial charge in [-0.3, -0.25) is 9.79 Å². The largest absolute Gasteiger partial charge is 0.484 e. The van der Waals surface area contributed by atoms with Crippen LogP contribution in [0, 0.1) is 0 Å². The van der Waals surface area contributed by atoms with Gasteiger partial charge in [-0.2, -0.15) is 0 Å². The molecule has 6 nitrogen and oxygen atoms in total. The van der Waals surface area contributed by atoms with E-state index in [-0.39, 0.29) is 12.5 Å². The summed E-state index contributed by atoms with van der Waals surface area (Å²) >= 11 is 0. The van der Waals surface area contributed by atoms with Gasteiger partial charge in [0.2, 0.25) is 0 Å². The second-order valence-electron chi connectivity index (χ2n) is 7.11. The highest BCUT2D eigenvalue weighted by Gasteiger charge is 2.23.